The molecule has 0 aromatic heterocycles. The number of nitrogens with one attached hydrogen (secondary N) is 1. The summed E-state index contributed by atoms with van der Waals surface area (Å²) in [5.41, 5.74) is 2.94. The summed E-state index contributed by atoms with van der Waals surface area (Å²) in [7, 11) is 0. The number of ketones is 1. The molecule has 0 aliphatic rings. The van der Waals surface area contributed by atoms with Gasteiger partial charge in [0.1, 0.15) is 12.4 Å². The Morgan fingerprint density at radius 2 is 1.53 bits per heavy atom. The highest BCUT2D eigenvalue weighted by atomic mass is 16.5. The van der Waals surface area contributed by atoms with Crippen LogP contribution in [0.1, 0.15) is 37.4 Å². The van der Waals surface area contributed by atoms with Gasteiger partial charge in [0, 0.05) is 11.1 Å². The highest BCUT2D eigenvalue weighted by molar-refractivity contribution is 6.14. The van der Waals surface area contributed by atoms with Crippen LogP contribution in [0.2, 0.25) is 0 Å². The number of amides is 1. The summed E-state index contributed by atoms with van der Waals surface area (Å²) in [4.78, 5) is 37.4. The van der Waals surface area contributed by atoms with Gasteiger partial charge in [-0.05, 0) is 37.6 Å². The Hall–Kier alpha value is -3.93. The molecule has 1 N–H and O–H groups in total. The van der Waals surface area contributed by atoms with Crippen molar-refractivity contribution in [2.75, 3.05) is 19.8 Å². The van der Waals surface area contributed by atoms with Gasteiger partial charge in [-0.3, -0.25) is 9.59 Å². The summed E-state index contributed by atoms with van der Waals surface area (Å²) in [5.74, 6) is -0.739. The molecule has 3 aromatic rings. The lowest BCUT2D eigenvalue weighted by molar-refractivity contribution is -0.124. The number of aryl methyl sites for hydroxylation is 2. The first kappa shape index (κ1) is 22.7. The average molecular weight is 431 g/mol. The summed E-state index contributed by atoms with van der Waals surface area (Å²) in [6.45, 7) is 4.01. The van der Waals surface area contributed by atoms with Crippen molar-refractivity contribution >= 4 is 17.7 Å². The molecule has 0 aliphatic carbocycles. The van der Waals surface area contributed by atoms with Gasteiger partial charge in [-0.15, -0.1) is 0 Å². The lowest BCUT2D eigenvalue weighted by Gasteiger charge is -2.10. The highest BCUT2D eigenvalue weighted by Crippen LogP contribution is 2.16. The van der Waals surface area contributed by atoms with E-state index in [2.05, 4.69) is 5.32 Å². The van der Waals surface area contributed by atoms with Crippen LogP contribution in [0, 0.1) is 13.8 Å². The Kier molecular flexibility index (Phi) is 7.75. The van der Waals surface area contributed by atoms with E-state index in [9.17, 15) is 14.4 Å². The van der Waals surface area contributed by atoms with E-state index < -0.39 is 18.5 Å². The van der Waals surface area contributed by atoms with Gasteiger partial charge in [-0.1, -0.05) is 60.2 Å². The molecule has 0 spiro atoms. The second kappa shape index (κ2) is 10.9. The third kappa shape index (κ3) is 6.28. The van der Waals surface area contributed by atoms with E-state index in [0.717, 1.165) is 16.9 Å². The maximum Gasteiger partial charge on any atom is 0.339 e. The Labute approximate surface area is 187 Å². The summed E-state index contributed by atoms with van der Waals surface area (Å²) < 4.78 is 10.7. The van der Waals surface area contributed by atoms with Crippen molar-refractivity contribution in [2.24, 2.45) is 0 Å². The number of hydrogen-bond donors (Lipinski definition) is 1. The molecule has 0 aliphatic heterocycles. The monoisotopic (exact) mass is 431 g/mol. The summed E-state index contributed by atoms with van der Waals surface area (Å²) in [6, 6.07) is 21.1. The predicted octanol–water partition coefficient (Wildman–Crippen LogP) is 3.89. The normalized spacial score (nSPS) is 10.3. The van der Waals surface area contributed by atoms with E-state index in [1.54, 1.807) is 30.3 Å². The Bertz CT molecular complexity index is 1110. The molecular formula is C26H25NO5. The van der Waals surface area contributed by atoms with E-state index in [4.69, 9.17) is 9.47 Å². The molecule has 3 aromatic carbocycles. The van der Waals surface area contributed by atoms with Crippen molar-refractivity contribution in [3.63, 3.8) is 0 Å². The summed E-state index contributed by atoms with van der Waals surface area (Å²) in [6.07, 6.45) is 0. The molecule has 0 atom stereocenters. The fraction of sp³-hybridized carbons (Fsp3) is 0.192. The van der Waals surface area contributed by atoms with E-state index in [1.165, 1.54) is 6.07 Å². The molecule has 3 rings (SSSR count). The van der Waals surface area contributed by atoms with E-state index in [-0.39, 0.29) is 30.1 Å². The van der Waals surface area contributed by atoms with Gasteiger partial charge in [0.15, 0.2) is 12.4 Å². The lowest BCUT2D eigenvalue weighted by Crippen LogP contribution is -2.32. The topological polar surface area (TPSA) is 81.7 Å². The molecule has 0 unspecified atom stereocenters. The summed E-state index contributed by atoms with van der Waals surface area (Å²) in [5, 5.41) is 2.63. The molecule has 1 amide bonds. The van der Waals surface area contributed by atoms with Gasteiger partial charge in [0.25, 0.3) is 5.91 Å². The van der Waals surface area contributed by atoms with Gasteiger partial charge in [-0.25, -0.2) is 4.79 Å². The maximum absolute atomic E-state index is 12.8. The van der Waals surface area contributed by atoms with Crippen LogP contribution in [0.15, 0.2) is 72.8 Å². The zero-order chi connectivity index (χ0) is 22.9. The minimum Gasteiger partial charge on any atom is -0.492 e. The van der Waals surface area contributed by atoms with Crippen molar-refractivity contribution in [1.29, 1.82) is 0 Å². The van der Waals surface area contributed by atoms with Crippen molar-refractivity contribution in [3.05, 3.63) is 101 Å². The van der Waals surface area contributed by atoms with Crippen LogP contribution < -0.4 is 10.1 Å². The Morgan fingerprint density at radius 3 is 2.25 bits per heavy atom. The second-order valence-corrected chi connectivity index (χ2v) is 7.33. The van der Waals surface area contributed by atoms with E-state index >= 15 is 0 Å². The molecule has 6 nitrogen and oxygen atoms in total. The minimum atomic E-state index is -0.729. The van der Waals surface area contributed by atoms with Crippen molar-refractivity contribution < 1.29 is 23.9 Å². The zero-order valence-corrected chi connectivity index (χ0v) is 18.1. The van der Waals surface area contributed by atoms with Crippen molar-refractivity contribution in [1.82, 2.24) is 5.32 Å². The number of esters is 1. The summed E-state index contributed by atoms with van der Waals surface area (Å²) >= 11 is 0. The molecule has 0 saturated heterocycles. The van der Waals surface area contributed by atoms with Crippen LogP contribution >= 0.6 is 0 Å². The largest absolute Gasteiger partial charge is 0.492 e. The predicted molar refractivity (Wildman–Crippen MR) is 121 cm³/mol. The molecule has 6 heteroatoms. The molecule has 0 saturated carbocycles. The third-order valence-electron chi connectivity index (χ3n) is 4.72. The van der Waals surface area contributed by atoms with Gasteiger partial charge in [-0.2, -0.15) is 0 Å². The molecule has 32 heavy (non-hydrogen) atoms. The fourth-order valence-corrected chi connectivity index (χ4v) is 3.04. The second-order valence-electron chi connectivity index (χ2n) is 7.33. The fourth-order valence-electron chi connectivity index (χ4n) is 3.04. The van der Waals surface area contributed by atoms with Crippen LogP contribution in [0.5, 0.6) is 5.75 Å². The number of ether oxygens (including phenoxy) is 2. The molecule has 0 bridgehead atoms. The first-order chi connectivity index (χ1) is 15.4. The number of carbonyl (C=O) groups excluding carboxylic acids is 3. The smallest absolute Gasteiger partial charge is 0.339 e. The van der Waals surface area contributed by atoms with Gasteiger partial charge < -0.3 is 14.8 Å². The van der Waals surface area contributed by atoms with Gasteiger partial charge in [0.2, 0.25) is 0 Å². The van der Waals surface area contributed by atoms with Crippen LogP contribution in [-0.4, -0.2) is 37.4 Å². The third-order valence-corrected chi connectivity index (χ3v) is 4.72. The lowest BCUT2D eigenvalue weighted by atomic mass is 9.98. The van der Waals surface area contributed by atoms with Crippen LogP contribution in [0.25, 0.3) is 0 Å². The highest BCUT2D eigenvalue weighted by Gasteiger charge is 2.19. The number of hydrogen-bond acceptors (Lipinski definition) is 5. The van der Waals surface area contributed by atoms with Crippen LogP contribution in [0.3, 0.4) is 0 Å². The molecule has 0 radical (unpaired) electrons. The SMILES string of the molecule is Cc1ccc(C(=O)c2ccccc2C(=O)OCC(=O)NCCOc2cccc(C)c2)cc1. The number of carbonyl (C=O) groups is 3. The van der Waals surface area contributed by atoms with Crippen molar-refractivity contribution in [2.45, 2.75) is 13.8 Å². The molecule has 0 fully saturated rings. The van der Waals surface area contributed by atoms with E-state index in [1.807, 2.05) is 50.2 Å². The Morgan fingerprint density at radius 1 is 0.812 bits per heavy atom. The molecular weight excluding hydrogens is 406 g/mol. The number of rotatable bonds is 9. The minimum absolute atomic E-state index is 0.119. The first-order valence-electron chi connectivity index (χ1n) is 10.3. The standard InChI is InChI=1S/C26H25NO5/c1-18-10-12-20(13-11-18)25(29)22-8-3-4-9-23(22)26(30)32-17-24(28)27-14-15-31-21-7-5-6-19(2)16-21/h3-13,16H,14-15,17H2,1-2H3,(H,27,28). The van der Waals surface area contributed by atoms with Crippen LogP contribution in [0.4, 0.5) is 0 Å². The Balaban J connectivity index is 1.51. The zero-order valence-electron chi connectivity index (χ0n) is 18.1. The van der Waals surface area contributed by atoms with E-state index in [0.29, 0.717) is 5.56 Å². The quantitative estimate of drug-likeness (QED) is 0.316. The average Bonchev–Trinajstić information content (AvgIpc) is 2.80. The first-order valence-corrected chi connectivity index (χ1v) is 10.3. The van der Waals surface area contributed by atoms with Crippen molar-refractivity contribution in [3.8, 4) is 5.75 Å². The molecule has 0 heterocycles. The molecule has 164 valence electrons. The number of benzene rings is 3. The van der Waals surface area contributed by atoms with Crippen LogP contribution in [-0.2, 0) is 9.53 Å². The maximum atomic E-state index is 12.8. The van der Waals surface area contributed by atoms with Gasteiger partial charge >= 0.3 is 5.97 Å². The van der Waals surface area contributed by atoms with Gasteiger partial charge in [0.05, 0.1) is 12.1 Å².